The predicted molar refractivity (Wildman–Crippen MR) is 61.5 cm³/mol. The van der Waals surface area contributed by atoms with Gasteiger partial charge in [-0.05, 0) is 31.9 Å². The summed E-state index contributed by atoms with van der Waals surface area (Å²) >= 11 is 0. The summed E-state index contributed by atoms with van der Waals surface area (Å²) in [6, 6.07) is 1.70. The van der Waals surface area contributed by atoms with Crippen molar-refractivity contribution in [2.45, 2.75) is 39.7 Å². The van der Waals surface area contributed by atoms with Gasteiger partial charge in [0, 0.05) is 19.1 Å². The molecular formula is C12H19NO3. The molecule has 0 aromatic carbocycles. The quantitative estimate of drug-likeness (QED) is 0.801. The van der Waals surface area contributed by atoms with E-state index in [1.807, 2.05) is 20.8 Å². The van der Waals surface area contributed by atoms with Crippen molar-refractivity contribution < 1.29 is 14.3 Å². The van der Waals surface area contributed by atoms with Crippen molar-refractivity contribution in [3.05, 3.63) is 23.2 Å². The Morgan fingerprint density at radius 3 is 2.81 bits per heavy atom. The highest BCUT2D eigenvalue weighted by molar-refractivity contribution is 5.91. The summed E-state index contributed by atoms with van der Waals surface area (Å²) in [5.41, 5.74) is 1.00. The molecule has 1 aromatic heterocycles. The van der Waals surface area contributed by atoms with E-state index in [4.69, 9.17) is 9.52 Å². The van der Waals surface area contributed by atoms with E-state index in [0.717, 1.165) is 17.7 Å². The number of aryl methyl sites for hydroxylation is 2. The molecule has 1 rings (SSSR count). The molecule has 0 aliphatic heterocycles. The van der Waals surface area contributed by atoms with Crippen molar-refractivity contribution in [1.82, 2.24) is 5.32 Å². The number of carbonyl (C=O) groups is 1. The zero-order valence-corrected chi connectivity index (χ0v) is 10.0. The van der Waals surface area contributed by atoms with Crippen LogP contribution in [-0.2, 0) is 6.42 Å². The lowest BCUT2D eigenvalue weighted by Gasteiger charge is -2.10. The van der Waals surface area contributed by atoms with Crippen LogP contribution in [0.2, 0.25) is 0 Å². The van der Waals surface area contributed by atoms with Crippen LogP contribution in [-0.4, -0.2) is 23.7 Å². The molecule has 0 aliphatic rings. The molecule has 16 heavy (non-hydrogen) atoms. The number of rotatable bonds is 5. The van der Waals surface area contributed by atoms with Crippen LogP contribution >= 0.6 is 0 Å². The summed E-state index contributed by atoms with van der Waals surface area (Å²) in [5, 5.41) is 11.5. The molecule has 0 fully saturated rings. The van der Waals surface area contributed by atoms with Crippen molar-refractivity contribution in [2.75, 3.05) is 6.61 Å². The number of hydrogen-bond donors (Lipinski definition) is 2. The van der Waals surface area contributed by atoms with Gasteiger partial charge in [0.1, 0.15) is 5.76 Å². The fourth-order valence-corrected chi connectivity index (χ4v) is 1.54. The number of aliphatic hydroxyl groups is 1. The van der Waals surface area contributed by atoms with E-state index in [2.05, 4.69) is 5.32 Å². The van der Waals surface area contributed by atoms with Gasteiger partial charge in [0.2, 0.25) is 0 Å². The van der Waals surface area contributed by atoms with Gasteiger partial charge in [0.25, 0.3) is 5.91 Å². The summed E-state index contributed by atoms with van der Waals surface area (Å²) in [6.45, 7) is 5.83. The van der Waals surface area contributed by atoms with Crippen LogP contribution in [0.4, 0.5) is 0 Å². The standard InChI is InChI=1S/C12H19NO3/c1-4-10-8(2)7-11(16-10)12(15)13-9(3)5-6-14/h7,9,14H,4-6H2,1-3H3,(H,13,15). The van der Waals surface area contributed by atoms with Crippen molar-refractivity contribution in [1.29, 1.82) is 0 Å². The Kier molecular flexibility index (Phi) is 4.55. The second kappa shape index (κ2) is 5.70. The Morgan fingerprint density at radius 2 is 2.31 bits per heavy atom. The van der Waals surface area contributed by atoms with Gasteiger partial charge in [-0.25, -0.2) is 0 Å². The van der Waals surface area contributed by atoms with Crippen LogP contribution in [0.3, 0.4) is 0 Å². The number of amides is 1. The molecule has 1 unspecified atom stereocenters. The van der Waals surface area contributed by atoms with Crippen LogP contribution < -0.4 is 5.32 Å². The lowest BCUT2D eigenvalue weighted by atomic mass is 10.2. The normalized spacial score (nSPS) is 12.5. The highest BCUT2D eigenvalue weighted by atomic mass is 16.4. The maximum absolute atomic E-state index is 11.7. The second-order valence-corrected chi connectivity index (χ2v) is 3.96. The first kappa shape index (κ1) is 12.8. The van der Waals surface area contributed by atoms with Crippen LogP contribution in [0.25, 0.3) is 0 Å². The number of hydrogen-bond acceptors (Lipinski definition) is 3. The summed E-state index contributed by atoms with van der Waals surface area (Å²) in [6.07, 6.45) is 1.33. The van der Waals surface area contributed by atoms with Crippen molar-refractivity contribution in [3.8, 4) is 0 Å². The number of aliphatic hydroxyl groups excluding tert-OH is 1. The predicted octanol–water partition coefficient (Wildman–Crippen LogP) is 1.65. The van der Waals surface area contributed by atoms with Crippen molar-refractivity contribution in [3.63, 3.8) is 0 Å². The number of carbonyl (C=O) groups excluding carboxylic acids is 1. The first-order valence-corrected chi connectivity index (χ1v) is 5.59. The third kappa shape index (κ3) is 3.10. The van der Waals surface area contributed by atoms with Crippen molar-refractivity contribution in [2.24, 2.45) is 0 Å². The lowest BCUT2D eigenvalue weighted by molar-refractivity contribution is 0.0904. The highest BCUT2D eigenvalue weighted by Gasteiger charge is 2.15. The molecule has 0 aliphatic carbocycles. The molecule has 1 aromatic rings. The molecule has 0 saturated heterocycles. The van der Waals surface area contributed by atoms with E-state index in [1.165, 1.54) is 0 Å². The van der Waals surface area contributed by atoms with Crippen molar-refractivity contribution >= 4 is 5.91 Å². The second-order valence-electron chi connectivity index (χ2n) is 3.96. The van der Waals surface area contributed by atoms with Crippen LogP contribution in [0.15, 0.2) is 10.5 Å². The number of nitrogens with one attached hydrogen (secondary N) is 1. The SMILES string of the molecule is CCc1oc(C(=O)NC(C)CCO)cc1C. The average molecular weight is 225 g/mol. The molecule has 0 radical (unpaired) electrons. The number of furan rings is 1. The Hall–Kier alpha value is -1.29. The minimum absolute atomic E-state index is 0.0482. The maximum atomic E-state index is 11.7. The minimum Gasteiger partial charge on any atom is -0.456 e. The van der Waals surface area contributed by atoms with Gasteiger partial charge in [-0.1, -0.05) is 6.92 Å². The van der Waals surface area contributed by atoms with E-state index >= 15 is 0 Å². The summed E-state index contributed by atoms with van der Waals surface area (Å²) in [4.78, 5) is 11.7. The lowest BCUT2D eigenvalue weighted by Crippen LogP contribution is -2.32. The molecule has 2 N–H and O–H groups in total. The Labute approximate surface area is 95.7 Å². The summed E-state index contributed by atoms with van der Waals surface area (Å²) < 4.78 is 5.43. The third-order valence-corrected chi connectivity index (χ3v) is 2.51. The summed E-state index contributed by atoms with van der Waals surface area (Å²) in [5.74, 6) is 0.975. The van der Waals surface area contributed by atoms with Gasteiger partial charge in [0.05, 0.1) is 0 Å². The van der Waals surface area contributed by atoms with E-state index in [-0.39, 0.29) is 18.6 Å². The zero-order valence-electron chi connectivity index (χ0n) is 10.0. The van der Waals surface area contributed by atoms with Crippen LogP contribution in [0.5, 0.6) is 0 Å². The van der Waals surface area contributed by atoms with Crippen LogP contribution in [0.1, 0.15) is 42.1 Å². The Bertz CT molecular complexity index is 357. The minimum atomic E-state index is -0.219. The van der Waals surface area contributed by atoms with Crippen LogP contribution in [0, 0.1) is 6.92 Å². The smallest absolute Gasteiger partial charge is 0.287 e. The first-order chi connectivity index (χ1) is 7.58. The van der Waals surface area contributed by atoms with E-state index in [0.29, 0.717) is 12.2 Å². The molecule has 4 nitrogen and oxygen atoms in total. The monoisotopic (exact) mass is 225 g/mol. The Balaban J connectivity index is 2.65. The van der Waals surface area contributed by atoms with Gasteiger partial charge in [0.15, 0.2) is 5.76 Å². The fraction of sp³-hybridized carbons (Fsp3) is 0.583. The summed E-state index contributed by atoms with van der Waals surface area (Å²) in [7, 11) is 0. The zero-order chi connectivity index (χ0) is 12.1. The van der Waals surface area contributed by atoms with Gasteiger partial charge < -0.3 is 14.8 Å². The molecule has 1 amide bonds. The average Bonchev–Trinajstić information content (AvgIpc) is 2.60. The maximum Gasteiger partial charge on any atom is 0.287 e. The molecule has 0 saturated carbocycles. The topological polar surface area (TPSA) is 62.5 Å². The van der Waals surface area contributed by atoms with E-state index in [9.17, 15) is 4.79 Å². The first-order valence-electron chi connectivity index (χ1n) is 5.59. The molecule has 1 atom stereocenters. The molecule has 4 heteroatoms. The molecule has 1 heterocycles. The van der Waals surface area contributed by atoms with E-state index < -0.39 is 0 Å². The van der Waals surface area contributed by atoms with Gasteiger partial charge >= 0.3 is 0 Å². The largest absolute Gasteiger partial charge is 0.456 e. The Morgan fingerprint density at radius 1 is 1.62 bits per heavy atom. The van der Waals surface area contributed by atoms with Gasteiger partial charge in [-0.15, -0.1) is 0 Å². The highest BCUT2D eigenvalue weighted by Crippen LogP contribution is 2.15. The van der Waals surface area contributed by atoms with Gasteiger partial charge in [-0.3, -0.25) is 4.79 Å². The van der Waals surface area contributed by atoms with E-state index in [1.54, 1.807) is 6.07 Å². The van der Waals surface area contributed by atoms with Gasteiger partial charge in [-0.2, -0.15) is 0 Å². The molecular weight excluding hydrogens is 206 g/mol. The third-order valence-electron chi connectivity index (χ3n) is 2.51. The fourth-order valence-electron chi connectivity index (χ4n) is 1.54. The molecule has 0 spiro atoms. The molecule has 0 bridgehead atoms. The molecule has 90 valence electrons.